The Morgan fingerprint density at radius 1 is 1.20 bits per heavy atom. The van der Waals surface area contributed by atoms with Crippen LogP contribution >= 0.6 is 0 Å². The second-order valence-electron chi connectivity index (χ2n) is 4.12. The first-order valence-corrected chi connectivity index (χ1v) is 6.02. The van der Waals surface area contributed by atoms with E-state index in [1.807, 2.05) is 6.07 Å². The Labute approximate surface area is 117 Å². The van der Waals surface area contributed by atoms with Crippen molar-refractivity contribution < 1.29 is 14.3 Å². The van der Waals surface area contributed by atoms with E-state index in [4.69, 9.17) is 14.7 Å². The van der Waals surface area contributed by atoms with Crippen molar-refractivity contribution in [2.75, 3.05) is 7.11 Å². The third-order valence-corrected chi connectivity index (χ3v) is 2.81. The van der Waals surface area contributed by atoms with Crippen LogP contribution in [0.25, 0.3) is 0 Å². The van der Waals surface area contributed by atoms with Crippen LogP contribution in [0, 0.1) is 11.3 Å². The van der Waals surface area contributed by atoms with Gasteiger partial charge < -0.3 is 9.47 Å². The number of aldehydes is 1. The van der Waals surface area contributed by atoms with Crippen molar-refractivity contribution in [3.05, 3.63) is 59.2 Å². The molecule has 2 aromatic carbocycles. The zero-order chi connectivity index (χ0) is 14.4. The molecule has 0 radical (unpaired) electrons. The average molecular weight is 267 g/mol. The quantitative estimate of drug-likeness (QED) is 0.781. The van der Waals surface area contributed by atoms with E-state index in [2.05, 4.69) is 6.07 Å². The van der Waals surface area contributed by atoms with Crippen molar-refractivity contribution in [1.29, 1.82) is 5.26 Å². The molecule has 0 unspecified atom stereocenters. The number of hydrogen-bond acceptors (Lipinski definition) is 4. The summed E-state index contributed by atoms with van der Waals surface area (Å²) in [4.78, 5) is 10.5. The van der Waals surface area contributed by atoms with Crippen LogP contribution < -0.4 is 9.47 Å². The first-order valence-electron chi connectivity index (χ1n) is 6.02. The fourth-order valence-electron chi connectivity index (χ4n) is 1.73. The number of ether oxygens (including phenoxy) is 2. The summed E-state index contributed by atoms with van der Waals surface area (Å²) in [6, 6.07) is 14.2. The van der Waals surface area contributed by atoms with E-state index in [1.54, 1.807) is 36.4 Å². The molecule has 0 saturated heterocycles. The number of nitrogens with zero attached hydrogens (tertiary/aromatic N) is 1. The zero-order valence-corrected chi connectivity index (χ0v) is 11.0. The highest BCUT2D eigenvalue weighted by atomic mass is 16.5. The summed E-state index contributed by atoms with van der Waals surface area (Å²) < 4.78 is 10.8. The van der Waals surface area contributed by atoms with Gasteiger partial charge in [0, 0.05) is 5.56 Å². The van der Waals surface area contributed by atoms with Crippen molar-refractivity contribution in [2.24, 2.45) is 0 Å². The molecule has 20 heavy (non-hydrogen) atoms. The highest BCUT2D eigenvalue weighted by Gasteiger charge is 2.04. The lowest BCUT2D eigenvalue weighted by Gasteiger charge is -2.08. The van der Waals surface area contributed by atoms with Crippen molar-refractivity contribution in [1.82, 2.24) is 0 Å². The molecule has 0 spiro atoms. The van der Waals surface area contributed by atoms with Gasteiger partial charge in [-0.05, 0) is 42.0 Å². The number of methoxy groups -OCH3 is 1. The van der Waals surface area contributed by atoms with Crippen molar-refractivity contribution in [3.8, 4) is 17.6 Å². The molecule has 0 N–H and O–H groups in total. The molecule has 4 nitrogen and oxygen atoms in total. The lowest BCUT2D eigenvalue weighted by molar-refractivity contribution is 0.112. The molecular formula is C16H13NO3. The molecule has 100 valence electrons. The second-order valence-corrected chi connectivity index (χ2v) is 4.12. The van der Waals surface area contributed by atoms with Gasteiger partial charge in [-0.3, -0.25) is 4.79 Å². The first-order chi connectivity index (χ1) is 9.76. The fourth-order valence-corrected chi connectivity index (χ4v) is 1.73. The number of rotatable bonds is 5. The summed E-state index contributed by atoms with van der Waals surface area (Å²) >= 11 is 0. The average Bonchev–Trinajstić information content (AvgIpc) is 2.53. The molecule has 0 amide bonds. The standard InChI is InChI=1S/C16H13NO3/c1-19-16-8-13(2-5-14(16)9-17)11-20-15-6-3-12(10-18)4-7-15/h2-8,10H,11H2,1H3. The fraction of sp³-hybridized carbons (Fsp3) is 0.125. The maximum Gasteiger partial charge on any atom is 0.150 e. The van der Waals surface area contributed by atoms with Crippen LogP contribution in [0.2, 0.25) is 0 Å². The largest absolute Gasteiger partial charge is 0.495 e. The third kappa shape index (κ3) is 3.15. The Balaban J connectivity index is 2.06. The van der Waals surface area contributed by atoms with Gasteiger partial charge in [0.25, 0.3) is 0 Å². The topological polar surface area (TPSA) is 59.3 Å². The molecule has 0 aliphatic carbocycles. The van der Waals surface area contributed by atoms with Gasteiger partial charge in [0.15, 0.2) is 0 Å². The van der Waals surface area contributed by atoms with E-state index in [-0.39, 0.29) is 0 Å². The molecule has 0 aliphatic rings. The molecule has 0 fully saturated rings. The number of carbonyl (C=O) groups is 1. The van der Waals surface area contributed by atoms with Crippen LogP contribution in [-0.4, -0.2) is 13.4 Å². The minimum atomic E-state index is 0.364. The van der Waals surface area contributed by atoms with Gasteiger partial charge >= 0.3 is 0 Å². The minimum absolute atomic E-state index is 0.364. The van der Waals surface area contributed by atoms with E-state index in [0.29, 0.717) is 29.2 Å². The number of benzene rings is 2. The lowest BCUT2D eigenvalue weighted by atomic mass is 10.1. The minimum Gasteiger partial charge on any atom is -0.495 e. The molecule has 4 heteroatoms. The van der Waals surface area contributed by atoms with Crippen LogP contribution in [0.1, 0.15) is 21.5 Å². The predicted molar refractivity (Wildman–Crippen MR) is 73.9 cm³/mol. The highest BCUT2D eigenvalue weighted by molar-refractivity contribution is 5.74. The molecule has 0 aromatic heterocycles. The summed E-state index contributed by atoms with van der Waals surface area (Å²) in [6.45, 7) is 0.364. The molecular weight excluding hydrogens is 254 g/mol. The van der Waals surface area contributed by atoms with Gasteiger partial charge in [-0.15, -0.1) is 0 Å². The van der Waals surface area contributed by atoms with Crippen LogP contribution in [0.4, 0.5) is 0 Å². The Bertz CT molecular complexity index is 642. The monoisotopic (exact) mass is 267 g/mol. The van der Waals surface area contributed by atoms with Gasteiger partial charge in [-0.2, -0.15) is 5.26 Å². The smallest absolute Gasteiger partial charge is 0.150 e. The maximum atomic E-state index is 10.5. The van der Waals surface area contributed by atoms with Gasteiger partial charge in [-0.1, -0.05) is 6.07 Å². The Kier molecular flexibility index (Phi) is 4.35. The number of nitriles is 1. The van der Waals surface area contributed by atoms with E-state index in [1.165, 1.54) is 7.11 Å². The van der Waals surface area contributed by atoms with Gasteiger partial charge in [0.05, 0.1) is 12.7 Å². The van der Waals surface area contributed by atoms with Gasteiger partial charge in [0.2, 0.25) is 0 Å². The SMILES string of the molecule is COc1cc(COc2ccc(C=O)cc2)ccc1C#N. The van der Waals surface area contributed by atoms with Crippen LogP contribution in [-0.2, 0) is 6.61 Å². The Morgan fingerprint density at radius 2 is 1.95 bits per heavy atom. The number of hydrogen-bond donors (Lipinski definition) is 0. The third-order valence-electron chi connectivity index (χ3n) is 2.81. The van der Waals surface area contributed by atoms with Crippen LogP contribution in [0.3, 0.4) is 0 Å². The van der Waals surface area contributed by atoms with E-state index >= 15 is 0 Å². The summed E-state index contributed by atoms with van der Waals surface area (Å²) in [5.41, 5.74) is 2.00. The zero-order valence-electron chi connectivity index (χ0n) is 11.0. The molecule has 0 aliphatic heterocycles. The molecule has 0 bridgehead atoms. The maximum absolute atomic E-state index is 10.5. The summed E-state index contributed by atoms with van der Waals surface area (Å²) in [5.74, 6) is 1.21. The summed E-state index contributed by atoms with van der Waals surface area (Å²) in [5, 5.41) is 8.91. The van der Waals surface area contributed by atoms with Crippen LogP contribution in [0.15, 0.2) is 42.5 Å². The second kappa shape index (κ2) is 6.39. The van der Waals surface area contributed by atoms with Crippen molar-refractivity contribution in [3.63, 3.8) is 0 Å². The van der Waals surface area contributed by atoms with Crippen molar-refractivity contribution in [2.45, 2.75) is 6.61 Å². The van der Waals surface area contributed by atoms with Gasteiger partial charge in [0.1, 0.15) is 30.5 Å². The highest BCUT2D eigenvalue weighted by Crippen LogP contribution is 2.20. The normalized spacial score (nSPS) is 9.60. The molecule has 2 rings (SSSR count). The van der Waals surface area contributed by atoms with Crippen molar-refractivity contribution >= 4 is 6.29 Å². The van der Waals surface area contributed by atoms with E-state index < -0.39 is 0 Å². The van der Waals surface area contributed by atoms with Gasteiger partial charge in [-0.25, -0.2) is 0 Å². The first kappa shape index (κ1) is 13.6. The molecule has 2 aromatic rings. The lowest BCUT2D eigenvalue weighted by Crippen LogP contribution is -1.97. The summed E-state index contributed by atoms with van der Waals surface area (Å²) in [6.07, 6.45) is 0.787. The van der Waals surface area contributed by atoms with E-state index in [0.717, 1.165) is 11.8 Å². The Morgan fingerprint density at radius 3 is 2.55 bits per heavy atom. The molecule has 0 saturated carbocycles. The Hall–Kier alpha value is -2.80. The molecule has 0 heterocycles. The van der Waals surface area contributed by atoms with E-state index in [9.17, 15) is 4.79 Å². The summed E-state index contributed by atoms with van der Waals surface area (Å²) in [7, 11) is 1.53. The number of carbonyl (C=O) groups excluding carboxylic acids is 1. The predicted octanol–water partition coefficient (Wildman–Crippen LogP) is 2.96. The molecule has 0 atom stereocenters. The van der Waals surface area contributed by atoms with Crippen LogP contribution in [0.5, 0.6) is 11.5 Å².